The molecule has 0 radical (unpaired) electrons. The van der Waals surface area contributed by atoms with Gasteiger partial charge < -0.3 is 10.3 Å². The molecule has 2 N–H and O–H groups in total. The maximum absolute atomic E-state index is 5.72. The summed E-state index contributed by atoms with van der Waals surface area (Å²) < 4.78 is 5.44. The monoisotopic (exact) mass is 292 g/mol. The first-order chi connectivity index (χ1) is 9.74. The molecule has 0 aliphatic heterocycles. The zero-order valence-corrected chi connectivity index (χ0v) is 12.5. The molecular formula is C14H20N4OS. The first kappa shape index (κ1) is 13.7. The fourth-order valence-electron chi connectivity index (χ4n) is 2.77. The van der Waals surface area contributed by atoms with E-state index >= 15 is 0 Å². The zero-order chi connectivity index (χ0) is 13.9. The van der Waals surface area contributed by atoms with Gasteiger partial charge in [0.05, 0.1) is 6.42 Å². The molecule has 20 heavy (non-hydrogen) atoms. The summed E-state index contributed by atoms with van der Waals surface area (Å²) in [7, 11) is 0. The van der Waals surface area contributed by atoms with E-state index in [9.17, 15) is 0 Å². The maximum atomic E-state index is 5.72. The van der Waals surface area contributed by atoms with Crippen LogP contribution in [0.15, 0.2) is 9.90 Å². The summed E-state index contributed by atoms with van der Waals surface area (Å²) in [4.78, 5) is 8.98. The molecule has 0 spiro atoms. The number of aryl methyl sites for hydroxylation is 1. The second kappa shape index (κ2) is 6.01. The van der Waals surface area contributed by atoms with Gasteiger partial charge in [0.25, 0.3) is 0 Å². The van der Waals surface area contributed by atoms with Crippen LogP contribution in [0.4, 0.5) is 0 Å². The lowest BCUT2D eigenvalue weighted by Crippen LogP contribution is -2.20. The number of rotatable bonds is 4. The van der Waals surface area contributed by atoms with Gasteiger partial charge in [0.15, 0.2) is 5.82 Å². The molecule has 3 rings (SSSR count). The summed E-state index contributed by atoms with van der Waals surface area (Å²) in [5, 5.41) is 7.18. The minimum atomic E-state index is 0.414. The Morgan fingerprint density at radius 2 is 2.10 bits per heavy atom. The van der Waals surface area contributed by atoms with E-state index in [0.29, 0.717) is 18.3 Å². The van der Waals surface area contributed by atoms with Crippen molar-refractivity contribution in [1.29, 1.82) is 0 Å². The third kappa shape index (κ3) is 3.07. The van der Waals surface area contributed by atoms with Crippen LogP contribution in [0.2, 0.25) is 0 Å². The Bertz CT molecular complexity index is 557. The molecule has 2 heterocycles. The molecule has 1 fully saturated rings. The van der Waals surface area contributed by atoms with Crippen LogP contribution in [0.5, 0.6) is 0 Å². The van der Waals surface area contributed by atoms with Crippen LogP contribution >= 0.6 is 11.3 Å². The van der Waals surface area contributed by atoms with Crippen molar-refractivity contribution in [3.8, 4) is 0 Å². The van der Waals surface area contributed by atoms with Crippen LogP contribution < -0.4 is 5.73 Å². The molecule has 0 unspecified atom stereocenters. The lowest BCUT2D eigenvalue weighted by Gasteiger charge is -2.24. The highest BCUT2D eigenvalue weighted by Crippen LogP contribution is 2.34. The molecule has 6 heteroatoms. The summed E-state index contributed by atoms with van der Waals surface area (Å²) in [6.07, 6.45) is 5.23. The smallest absolute Gasteiger partial charge is 0.229 e. The van der Waals surface area contributed by atoms with Crippen molar-refractivity contribution in [3.63, 3.8) is 0 Å². The molecule has 2 aromatic heterocycles. The Balaban J connectivity index is 1.62. The number of nitrogens with zero attached hydrogens (tertiary/aromatic N) is 3. The lowest BCUT2D eigenvalue weighted by atomic mass is 9.82. The van der Waals surface area contributed by atoms with Crippen molar-refractivity contribution in [2.45, 2.75) is 44.9 Å². The van der Waals surface area contributed by atoms with E-state index in [1.54, 1.807) is 11.3 Å². The first-order valence-electron chi connectivity index (χ1n) is 7.18. The van der Waals surface area contributed by atoms with Gasteiger partial charge >= 0.3 is 0 Å². The molecule has 108 valence electrons. The Labute approximate surface area is 122 Å². The Kier molecular flexibility index (Phi) is 4.12. The van der Waals surface area contributed by atoms with Crippen LogP contribution in [-0.4, -0.2) is 21.7 Å². The number of aromatic nitrogens is 3. The average Bonchev–Trinajstić information content (AvgIpc) is 3.09. The Morgan fingerprint density at radius 1 is 1.30 bits per heavy atom. The van der Waals surface area contributed by atoms with E-state index in [1.165, 1.54) is 12.8 Å². The van der Waals surface area contributed by atoms with Gasteiger partial charge in [-0.2, -0.15) is 4.98 Å². The van der Waals surface area contributed by atoms with E-state index in [1.807, 2.05) is 12.3 Å². The summed E-state index contributed by atoms with van der Waals surface area (Å²) in [6, 6.07) is 0. The van der Waals surface area contributed by atoms with Gasteiger partial charge in [-0.15, -0.1) is 11.3 Å². The maximum Gasteiger partial charge on any atom is 0.229 e. The quantitative estimate of drug-likeness (QED) is 0.937. The molecule has 1 aliphatic carbocycles. The van der Waals surface area contributed by atoms with Crippen LogP contribution in [0.3, 0.4) is 0 Å². The molecule has 5 nitrogen and oxygen atoms in total. The molecular weight excluding hydrogens is 272 g/mol. The highest BCUT2D eigenvalue weighted by molar-refractivity contribution is 7.09. The summed E-state index contributed by atoms with van der Waals surface area (Å²) >= 11 is 1.65. The number of nitrogens with two attached hydrogens (primary N) is 1. The number of hydrogen-bond acceptors (Lipinski definition) is 6. The van der Waals surface area contributed by atoms with Crippen LogP contribution in [0.25, 0.3) is 0 Å². The van der Waals surface area contributed by atoms with Crippen molar-refractivity contribution >= 4 is 11.3 Å². The predicted molar refractivity (Wildman–Crippen MR) is 77.7 cm³/mol. The van der Waals surface area contributed by atoms with Crippen LogP contribution in [0.1, 0.15) is 54.0 Å². The molecule has 0 atom stereocenters. The van der Waals surface area contributed by atoms with Crippen molar-refractivity contribution < 1.29 is 4.52 Å². The van der Waals surface area contributed by atoms with Crippen molar-refractivity contribution in [3.05, 3.63) is 27.8 Å². The van der Waals surface area contributed by atoms with E-state index in [0.717, 1.165) is 41.8 Å². The van der Waals surface area contributed by atoms with Gasteiger partial charge in [-0.05, 0) is 45.1 Å². The van der Waals surface area contributed by atoms with Crippen LogP contribution in [0, 0.1) is 12.8 Å². The second-order valence-electron chi connectivity index (χ2n) is 5.56. The third-order valence-corrected chi connectivity index (χ3v) is 4.96. The van der Waals surface area contributed by atoms with Gasteiger partial charge in [-0.1, -0.05) is 5.16 Å². The average molecular weight is 292 g/mol. The van der Waals surface area contributed by atoms with Crippen molar-refractivity contribution in [2.75, 3.05) is 6.54 Å². The predicted octanol–water partition coefficient (Wildman–Crippen LogP) is 2.66. The number of thiazole rings is 1. The fourth-order valence-corrected chi connectivity index (χ4v) is 3.54. The molecule has 0 saturated heterocycles. The van der Waals surface area contributed by atoms with Gasteiger partial charge in [0.1, 0.15) is 5.01 Å². The molecule has 0 bridgehead atoms. The summed E-state index contributed by atoms with van der Waals surface area (Å²) in [6.45, 7) is 2.79. The minimum absolute atomic E-state index is 0.414. The fraction of sp³-hybridized carbons (Fsp3) is 0.643. The van der Waals surface area contributed by atoms with Gasteiger partial charge in [-0.25, -0.2) is 4.98 Å². The first-order valence-corrected chi connectivity index (χ1v) is 8.06. The van der Waals surface area contributed by atoms with Gasteiger partial charge in [0, 0.05) is 17.0 Å². The van der Waals surface area contributed by atoms with E-state index in [4.69, 9.17) is 10.3 Å². The van der Waals surface area contributed by atoms with E-state index in [2.05, 4.69) is 15.1 Å². The van der Waals surface area contributed by atoms with E-state index < -0.39 is 0 Å². The van der Waals surface area contributed by atoms with Crippen LogP contribution in [-0.2, 0) is 6.42 Å². The molecule has 0 aromatic carbocycles. The molecule has 1 saturated carbocycles. The Morgan fingerprint density at radius 3 is 2.75 bits per heavy atom. The lowest BCUT2D eigenvalue weighted by molar-refractivity contribution is 0.274. The molecule has 0 amide bonds. The highest BCUT2D eigenvalue weighted by atomic mass is 32.1. The molecule has 1 aliphatic rings. The van der Waals surface area contributed by atoms with E-state index in [-0.39, 0.29) is 0 Å². The highest BCUT2D eigenvalue weighted by Gasteiger charge is 2.25. The van der Waals surface area contributed by atoms with Crippen molar-refractivity contribution in [1.82, 2.24) is 15.1 Å². The normalized spacial score (nSPS) is 23.1. The topological polar surface area (TPSA) is 77.8 Å². The second-order valence-corrected chi connectivity index (χ2v) is 6.50. The zero-order valence-electron chi connectivity index (χ0n) is 11.7. The minimum Gasteiger partial charge on any atom is -0.339 e. The van der Waals surface area contributed by atoms with Gasteiger partial charge in [-0.3, -0.25) is 0 Å². The molecule has 2 aromatic rings. The Hall–Kier alpha value is -1.27. The third-order valence-electron chi connectivity index (χ3n) is 3.99. The SMILES string of the molecule is Cc1csc(Cc2noc(C3CCC(CN)CC3)n2)n1. The number of hydrogen-bond donors (Lipinski definition) is 1. The standard InChI is InChI=1S/C14H20N4OS/c1-9-8-20-13(16-9)6-12-17-14(19-18-12)11-4-2-10(7-15)3-5-11/h8,10-11H,2-7,15H2,1H3. The largest absolute Gasteiger partial charge is 0.339 e. The summed E-state index contributed by atoms with van der Waals surface area (Å²) in [5.74, 6) is 2.63. The van der Waals surface area contributed by atoms with Gasteiger partial charge in [0.2, 0.25) is 5.89 Å². The van der Waals surface area contributed by atoms with Crippen molar-refractivity contribution in [2.24, 2.45) is 11.7 Å². The summed E-state index contributed by atoms with van der Waals surface area (Å²) in [5.41, 5.74) is 6.77.